The number of hydrogen-bond donors (Lipinski definition) is 0. The van der Waals surface area contributed by atoms with E-state index >= 15 is 0 Å². The Bertz CT molecular complexity index is 878. The van der Waals surface area contributed by atoms with E-state index in [4.69, 9.17) is 4.42 Å². The topological polar surface area (TPSA) is 97.5 Å². The van der Waals surface area contributed by atoms with Crippen molar-refractivity contribution in [1.29, 1.82) is 0 Å². The van der Waals surface area contributed by atoms with Crippen LogP contribution < -0.4 is 0 Å². The smallest absolute Gasteiger partial charge is 0.275 e. The molecule has 0 amide bonds. The van der Waals surface area contributed by atoms with E-state index in [0.29, 0.717) is 5.69 Å². The fourth-order valence-electron chi connectivity index (χ4n) is 1.83. The first kappa shape index (κ1) is 18.1. The van der Waals surface area contributed by atoms with Crippen molar-refractivity contribution in [1.82, 2.24) is 9.29 Å². The van der Waals surface area contributed by atoms with Crippen LogP contribution in [-0.4, -0.2) is 40.2 Å². The molecule has 0 radical (unpaired) electrons. The van der Waals surface area contributed by atoms with Gasteiger partial charge in [0.05, 0.1) is 16.5 Å². The molecule has 0 N–H and O–H groups in total. The molecule has 0 aliphatic rings. The minimum absolute atomic E-state index is 0.0939. The van der Waals surface area contributed by atoms with Gasteiger partial charge in [0.1, 0.15) is 11.5 Å². The second-order valence-electron chi connectivity index (χ2n) is 5.13. The molecule has 0 spiro atoms. The number of sulfone groups is 1. The van der Waals surface area contributed by atoms with Crippen LogP contribution in [0.2, 0.25) is 0 Å². The number of rotatable bonds is 7. The molecule has 0 bridgehead atoms. The van der Waals surface area contributed by atoms with Crippen LogP contribution in [0, 0.1) is 0 Å². The summed E-state index contributed by atoms with van der Waals surface area (Å²) in [6.07, 6.45) is 0.759. The zero-order chi connectivity index (χ0) is 17.3. The monoisotopic (exact) mass is 378 g/mol. The summed E-state index contributed by atoms with van der Waals surface area (Å²) >= 11 is 1.42. The van der Waals surface area contributed by atoms with Crippen LogP contribution >= 0.6 is 11.3 Å². The predicted octanol–water partition coefficient (Wildman–Crippen LogP) is 1.66. The molecule has 0 aromatic carbocycles. The summed E-state index contributed by atoms with van der Waals surface area (Å²) in [7, 11) is -4.45. The Balaban J connectivity index is 2.14. The van der Waals surface area contributed by atoms with Crippen molar-refractivity contribution in [2.45, 2.75) is 29.9 Å². The van der Waals surface area contributed by atoms with Crippen LogP contribution in [0.4, 0.5) is 0 Å². The lowest BCUT2D eigenvalue weighted by molar-refractivity contribution is 0.406. The molecule has 2 aromatic rings. The first-order chi connectivity index (χ1) is 10.6. The maximum atomic E-state index is 12.2. The standard InChI is InChI=1S/C13H18N2O5S3/c1-4-12-14-10(7-21-12)8-22(16,17)9-11-5-6-13(20-11)23(18,19)15(2)3/h5-7H,4,8-9H2,1-3H3. The quantitative estimate of drug-likeness (QED) is 0.727. The summed E-state index contributed by atoms with van der Waals surface area (Å²) in [4.78, 5) is 4.23. The third-order valence-corrected chi connectivity index (χ3v) is 7.19. The Morgan fingerprint density at radius 2 is 1.87 bits per heavy atom. The zero-order valence-electron chi connectivity index (χ0n) is 13.0. The molecule has 0 unspecified atom stereocenters. The molecule has 128 valence electrons. The third-order valence-electron chi connectivity index (χ3n) is 3.00. The fourth-order valence-corrected chi connectivity index (χ4v) is 4.78. The van der Waals surface area contributed by atoms with Gasteiger partial charge in [0.25, 0.3) is 10.0 Å². The van der Waals surface area contributed by atoms with Gasteiger partial charge in [-0.25, -0.2) is 26.1 Å². The largest absolute Gasteiger partial charge is 0.447 e. The molecule has 2 aromatic heterocycles. The average Bonchev–Trinajstić information content (AvgIpc) is 3.07. The summed E-state index contributed by atoms with van der Waals surface area (Å²) in [6.45, 7) is 1.95. The molecule has 0 atom stereocenters. The Hall–Kier alpha value is -1.23. The van der Waals surface area contributed by atoms with Crippen LogP contribution in [-0.2, 0) is 37.8 Å². The lowest BCUT2D eigenvalue weighted by atomic mass is 10.5. The van der Waals surface area contributed by atoms with E-state index in [9.17, 15) is 16.8 Å². The maximum absolute atomic E-state index is 12.2. The number of thiazole rings is 1. The second kappa shape index (κ2) is 6.71. The molecule has 0 aliphatic carbocycles. The minimum Gasteiger partial charge on any atom is -0.447 e. The normalized spacial score (nSPS) is 12.9. The van der Waals surface area contributed by atoms with Crippen molar-refractivity contribution >= 4 is 31.2 Å². The molecule has 7 nitrogen and oxygen atoms in total. The van der Waals surface area contributed by atoms with E-state index in [0.717, 1.165) is 15.7 Å². The molecule has 2 rings (SSSR count). The first-order valence-corrected chi connectivity index (χ1v) is 10.9. The summed E-state index contributed by atoms with van der Waals surface area (Å²) in [5.41, 5.74) is 0.500. The van der Waals surface area contributed by atoms with Crippen molar-refractivity contribution in [3.63, 3.8) is 0 Å². The number of furan rings is 1. The summed E-state index contributed by atoms with van der Waals surface area (Å²) in [6, 6.07) is 2.63. The van der Waals surface area contributed by atoms with Crippen molar-refractivity contribution in [3.05, 3.63) is 34.0 Å². The van der Waals surface area contributed by atoms with E-state index in [-0.39, 0.29) is 22.4 Å². The average molecular weight is 378 g/mol. The van der Waals surface area contributed by atoms with Crippen LogP contribution in [0.3, 0.4) is 0 Å². The zero-order valence-corrected chi connectivity index (χ0v) is 15.5. The summed E-state index contributed by atoms with van der Waals surface area (Å²) < 4.78 is 54.4. The van der Waals surface area contributed by atoms with Gasteiger partial charge in [0.15, 0.2) is 9.84 Å². The molecular weight excluding hydrogens is 360 g/mol. The van der Waals surface area contributed by atoms with E-state index in [2.05, 4.69) is 4.98 Å². The van der Waals surface area contributed by atoms with Gasteiger partial charge in [-0.05, 0) is 18.6 Å². The Morgan fingerprint density at radius 1 is 1.17 bits per heavy atom. The summed E-state index contributed by atoms with van der Waals surface area (Å²) in [5.74, 6) is -0.467. The third kappa shape index (κ3) is 4.40. The Morgan fingerprint density at radius 3 is 2.43 bits per heavy atom. The lowest BCUT2D eigenvalue weighted by Gasteiger charge is -2.07. The summed E-state index contributed by atoms with van der Waals surface area (Å²) in [5, 5.41) is 2.34. The highest BCUT2D eigenvalue weighted by Crippen LogP contribution is 2.20. The molecule has 2 heterocycles. The van der Waals surface area contributed by atoms with Gasteiger partial charge in [0, 0.05) is 19.5 Å². The number of sulfonamides is 1. The van der Waals surface area contributed by atoms with E-state index < -0.39 is 19.9 Å². The fraction of sp³-hybridized carbons (Fsp3) is 0.462. The van der Waals surface area contributed by atoms with Crippen molar-refractivity contribution in [2.75, 3.05) is 14.1 Å². The number of aromatic nitrogens is 1. The van der Waals surface area contributed by atoms with Gasteiger partial charge in [-0.3, -0.25) is 0 Å². The molecule has 0 saturated heterocycles. The van der Waals surface area contributed by atoms with Crippen LogP contribution in [0.25, 0.3) is 0 Å². The highest BCUT2D eigenvalue weighted by molar-refractivity contribution is 7.90. The SMILES string of the molecule is CCc1nc(CS(=O)(=O)Cc2ccc(S(=O)(=O)N(C)C)o2)cs1. The van der Waals surface area contributed by atoms with Crippen molar-refractivity contribution < 1.29 is 21.3 Å². The molecule has 10 heteroatoms. The highest BCUT2D eigenvalue weighted by atomic mass is 32.2. The first-order valence-electron chi connectivity index (χ1n) is 6.79. The van der Waals surface area contributed by atoms with Gasteiger partial charge in [0.2, 0.25) is 5.09 Å². The van der Waals surface area contributed by atoms with Gasteiger partial charge in [-0.2, -0.15) is 0 Å². The van der Waals surface area contributed by atoms with Crippen LogP contribution in [0.1, 0.15) is 23.4 Å². The molecule has 0 fully saturated rings. The van der Waals surface area contributed by atoms with E-state index in [1.807, 2.05) is 6.92 Å². The van der Waals surface area contributed by atoms with Crippen LogP contribution in [0.15, 0.2) is 27.0 Å². The van der Waals surface area contributed by atoms with Crippen molar-refractivity contribution in [2.24, 2.45) is 0 Å². The van der Waals surface area contributed by atoms with E-state index in [1.165, 1.54) is 37.6 Å². The second-order valence-corrected chi connectivity index (χ2v) is 10.2. The highest BCUT2D eigenvalue weighted by Gasteiger charge is 2.23. The molecular formula is C13H18N2O5S3. The van der Waals surface area contributed by atoms with Gasteiger partial charge in [-0.15, -0.1) is 11.3 Å². The Kier molecular flexibility index (Phi) is 5.29. The minimum atomic E-state index is -3.71. The number of nitrogens with zero attached hydrogens (tertiary/aromatic N) is 2. The lowest BCUT2D eigenvalue weighted by Crippen LogP contribution is -2.21. The maximum Gasteiger partial charge on any atom is 0.275 e. The molecule has 0 saturated carbocycles. The Labute approximate surface area is 139 Å². The molecule has 23 heavy (non-hydrogen) atoms. The van der Waals surface area contributed by atoms with Crippen LogP contribution in [0.5, 0.6) is 0 Å². The predicted molar refractivity (Wildman–Crippen MR) is 87.4 cm³/mol. The number of hydrogen-bond acceptors (Lipinski definition) is 7. The van der Waals surface area contributed by atoms with Gasteiger partial charge < -0.3 is 4.42 Å². The molecule has 0 aliphatic heterocycles. The number of aryl methyl sites for hydroxylation is 1. The van der Waals surface area contributed by atoms with Gasteiger partial charge in [-0.1, -0.05) is 6.92 Å². The van der Waals surface area contributed by atoms with Crippen molar-refractivity contribution in [3.8, 4) is 0 Å². The van der Waals surface area contributed by atoms with E-state index in [1.54, 1.807) is 5.38 Å². The van der Waals surface area contributed by atoms with Gasteiger partial charge >= 0.3 is 0 Å².